The van der Waals surface area contributed by atoms with E-state index in [-0.39, 0.29) is 42.5 Å². The van der Waals surface area contributed by atoms with Crippen LogP contribution in [0.3, 0.4) is 0 Å². The number of anilines is 1. The molecule has 1 aromatic heterocycles. The predicted molar refractivity (Wildman–Crippen MR) is 113 cm³/mol. The van der Waals surface area contributed by atoms with E-state index in [2.05, 4.69) is 22.5 Å². The molecule has 158 valence electrons. The van der Waals surface area contributed by atoms with Gasteiger partial charge in [-0.25, -0.2) is 4.98 Å². The minimum absolute atomic E-state index is 0. The van der Waals surface area contributed by atoms with Crippen molar-refractivity contribution in [2.24, 2.45) is 11.8 Å². The highest BCUT2D eigenvalue weighted by Gasteiger charge is 2.29. The standard InChI is InChI=1S/C18H27N5O3.2ClH/c1-13(14-3-2-7-19-10-14)9-18(24)22-8-6-15(12-22)21-17-5-4-16(11-20-17)23(25)26;;/h4-5,11,13-15,19H,2-3,6-10,12H2,1H3,(H,20,21);2*1H. The van der Waals surface area contributed by atoms with Crippen LogP contribution in [0.1, 0.15) is 32.6 Å². The highest BCUT2D eigenvalue weighted by atomic mass is 35.5. The van der Waals surface area contributed by atoms with Crippen LogP contribution in [0.4, 0.5) is 11.5 Å². The quantitative estimate of drug-likeness (QED) is 0.528. The molecule has 0 bridgehead atoms. The van der Waals surface area contributed by atoms with E-state index in [1.54, 1.807) is 6.07 Å². The van der Waals surface area contributed by atoms with Gasteiger partial charge >= 0.3 is 0 Å². The topological polar surface area (TPSA) is 100 Å². The summed E-state index contributed by atoms with van der Waals surface area (Å²) >= 11 is 0. The van der Waals surface area contributed by atoms with E-state index in [0.29, 0.717) is 30.6 Å². The van der Waals surface area contributed by atoms with Gasteiger partial charge in [0.2, 0.25) is 5.91 Å². The molecule has 3 heterocycles. The van der Waals surface area contributed by atoms with E-state index in [1.807, 2.05) is 4.90 Å². The van der Waals surface area contributed by atoms with Crippen molar-refractivity contribution in [2.45, 2.75) is 38.6 Å². The van der Waals surface area contributed by atoms with Crippen LogP contribution in [0, 0.1) is 22.0 Å². The summed E-state index contributed by atoms with van der Waals surface area (Å²) in [7, 11) is 0. The van der Waals surface area contributed by atoms with Gasteiger partial charge in [0.1, 0.15) is 12.0 Å². The highest BCUT2D eigenvalue weighted by Crippen LogP contribution is 2.24. The Kier molecular flexibility index (Phi) is 9.92. The Morgan fingerprint density at radius 1 is 1.43 bits per heavy atom. The van der Waals surface area contributed by atoms with Gasteiger partial charge in [-0.15, -0.1) is 24.8 Å². The van der Waals surface area contributed by atoms with Crippen molar-refractivity contribution in [1.82, 2.24) is 15.2 Å². The van der Waals surface area contributed by atoms with Crippen molar-refractivity contribution in [3.63, 3.8) is 0 Å². The lowest BCUT2D eigenvalue weighted by Crippen LogP contribution is -2.37. The molecule has 0 aliphatic carbocycles. The van der Waals surface area contributed by atoms with Gasteiger partial charge in [-0.05, 0) is 50.3 Å². The second-order valence-corrected chi connectivity index (χ2v) is 7.42. The van der Waals surface area contributed by atoms with Gasteiger partial charge < -0.3 is 15.5 Å². The summed E-state index contributed by atoms with van der Waals surface area (Å²) in [6.45, 7) is 5.70. The zero-order valence-electron chi connectivity index (χ0n) is 16.0. The average Bonchev–Trinajstić information content (AvgIpc) is 3.11. The Bertz CT molecular complexity index is 641. The molecule has 3 atom stereocenters. The van der Waals surface area contributed by atoms with Crippen molar-refractivity contribution in [3.8, 4) is 0 Å². The summed E-state index contributed by atoms with van der Waals surface area (Å²) in [6, 6.07) is 3.19. The van der Waals surface area contributed by atoms with Gasteiger partial charge in [0.05, 0.1) is 4.92 Å². The van der Waals surface area contributed by atoms with E-state index in [0.717, 1.165) is 26.1 Å². The summed E-state index contributed by atoms with van der Waals surface area (Å²) < 4.78 is 0. The third kappa shape index (κ3) is 6.46. The van der Waals surface area contributed by atoms with Crippen LogP contribution in [0.15, 0.2) is 18.3 Å². The van der Waals surface area contributed by atoms with Crippen LogP contribution in [0.5, 0.6) is 0 Å². The number of nitro groups is 1. The molecule has 2 fully saturated rings. The molecule has 8 nitrogen and oxygen atoms in total. The summed E-state index contributed by atoms with van der Waals surface area (Å²) in [5.41, 5.74) is -0.0232. The maximum Gasteiger partial charge on any atom is 0.287 e. The number of likely N-dealkylation sites (tertiary alicyclic amines) is 1. The van der Waals surface area contributed by atoms with Crippen LogP contribution in [0.2, 0.25) is 0 Å². The van der Waals surface area contributed by atoms with Crippen molar-refractivity contribution in [3.05, 3.63) is 28.4 Å². The fourth-order valence-electron chi connectivity index (χ4n) is 3.83. The zero-order valence-corrected chi connectivity index (χ0v) is 17.6. The number of nitrogens with zero attached hydrogens (tertiary/aromatic N) is 3. The second kappa shape index (κ2) is 11.4. The maximum absolute atomic E-state index is 12.6. The number of nitrogens with one attached hydrogen (secondary N) is 2. The SMILES string of the molecule is CC(CC(=O)N1CCC(Nc2ccc([N+](=O)[O-])cn2)C1)C1CCCNC1.Cl.Cl. The molecule has 0 spiro atoms. The Labute approximate surface area is 177 Å². The number of hydrogen-bond acceptors (Lipinski definition) is 6. The summed E-state index contributed by atoms with van der Waals surface area (Å²) in [4.78, 5) is 28.8. The van der Waals surface area contributed by atoms with E-state index in [1.165, 1.54) is 25.1 Å². The zero-order chi connectivity index (χ0) is 18.5. The normalized spacial score (nSPS) is 22.5. The molecule has 0 saturated carbocycles. The molecule has 28 heavy (non-hydrogen) atoms. The number of halogens is 2. The van der Waals surface area contributed by atoms with E-state index in [4.69, 9.17) is 0 Å². The molecular weight excluding hydrogens is 405 g/mol. The molecule has 2 aliphatic rings. The van der Waals surface area contributed by atoms with E-state index >= 15 is 0 Å². The van der Waals surface area contributed by atoms with Gasteiger partial charge in [-0.1, -0.05) is 6.92 Å². The number of piperidine rings is 1. The predicted octanol–water partition coefficient (Wildman–Crippen LogP) is 2.87. The number of carbonyl (C=O) groups is 1. The first kappa shape index (κ1) is 24.4. The minimum atomic E-state index is -0.463. The molecular formula is C18H29Cl2N5O3. The molecule has 2 aliphatic heterocycles. The summed E-state index contributed by atoms with van der Waals surface area (Å²) in [6.07, 6.45) is 5.12. The van der Waals surface area contributed by atoms with Gasteiger partial charge in [0, 0.05) is 31.6 Å². The smallest absolute Gasteiger partial charge is 0.287 e. The van der Waals surface area contributed by atoms with Gasteiger partial charge in [0.15, 0.2) is 0 Å². The van der Waals surface area contributed by atoms with Gasteiger partial charge in [0.25, 0.3) is 5.69 Å². The Balaban J connectivity index is 0.00000196. The first-order valence-electron chi connectivity index (χ1n) is 9.38. The van der Waals surface area contributed by atoms with E-state index < -0.39 is 4.92 Å². The Hall–Kier alpha value is -1.64. The fraction of sp³-hybridized carbons (Fsp3) is 0.667. The number of carbonyl (C=O) groups excluding carboxylic acids is 1. The van der Waals surface area contributed by atoms with Gasteiger partial charge in [-0.2, -0.15) is 0 Å². The van der Waals surface area contributed by atoms with Crippen LogP contribution >= 0.6 is 24.8 Å². The van der Waals surface area contributed by atoms with Crippen molar-refractivity contribution in [1.29, 1.82) is 0 Å². The third-order valence-corrected chi connectivity index (χ3v) is 5.49. The molecule has 0 aromatic carbocycles. The van der Waals surface area contributed by atoms with Gasteiger partial charge in [-0.3, -0.25) is 14.9 Å². The molecule has 1 amide bonds. The summed E-state index contributed by atoms with van der Waals surface area (Å²) in [5.74, 6) is 1.83. The number of rotatable bonds is 6. The summed E-state index contributed by atoms with van der Waals surface area (Å²) in [5, 5.41) is 17.4. The largest absolute Gasteiger partial charge is 0.365 e. The Morgan fingerprint density at radius 2 is 2.21 bits per heavy atom. The number of amides is 1. The van der Waals surface area contributed by atoms with Crippen molar-refractivity contribution < 1.29 is 9.72 Å². The molecule has 10 heteroatoms. The number of aromatic nitrogens is 1. The lowest BCUT2D eigenvalue weighted by atomic mass is 9.85. The molecule has 1 aromatic rings. The van der Waals surface area contributed by atoms with Crippen LogP contribution in [-0.4, -0.2) is 52.9 Å². The van der Waals surface area contributed by atoms with Crippen LogP contribution in [-0.2, 0) is 4.79 Å². The highest BCUT2D eigenvalue weighted by molar-refractivity contribution is 5.85. The molecule has 2 N–H and O–H groups in total. The minimum Gasteiger partial charge on any atom is -0.365 e. The fourth-order valence-corrected chi connectivity index (χ4v) is 3.83. The lowest BCUT2D eigenvalue weighted by molar-refractivity contribution is -0.385. The first-order chi connectivity index (χ1) is 12.5. The van der Waals surface area contributed by atoms with Crippen LogP contribution in [0.25, 0.3) is 0 Å². The second-order valence-electron chi connectivity index (χ2n) is 7.42. The third-order valence-electron chi connectivity index (χ3n) is 5.49. The molecule has 0 radical (unpaired) electrons. The molecule has 2 saturated heterocycles. The monoisotopic (exact) mass is 433 g/mol. The average molecular weight is 434 g/mol. The number of pyridine rings is 1. The Morgan fingerprint density at radius 3 is 2.82 bits per heavy atom. The van der Waals surface area contributed by atoms with E-state index in [9.17, 15) is 14.9 Å². The number of hydrogen-bond donors (Lipinski definition) is 2. The lowest BCUT2D eigenvalue weighted by Gasteiger charge is -2.29. The van der Waals surface area contributed by atoms with Crippen molar-refractivity contribution in [2.75, 3.05) is 31.5 Å². The first-order valence-corrected chi connectivity index (χ1v) is 9.38. The van der Waals surface area contributed by atoms with Crippen molar-refractivity contribution >= 4 is 42.2 Å². The maximum atomic E-state index is 12.6. The molecule has 3 rings (SSSR count). The van der Waals surface area contributed by atoms with Crippen LogP contribution < -0.4 is 10.6 Å². The molecule has 3 unspecified atom stereocenters.